The van der Waals surface area contributed by atoms with E-state index in [1.807, 2.05) is 30.6 Å². The lowest BCUT2D eigenvalue weighted by Crippen LogP contribution is -2.24. The number of fused-ring (bicyclic) bond motifs is 7. The van der Waals surface area contributed by atoms with Gasteiger partial charge in [-0.25, -0.2) is 0 Å². The summed E-state index contributed by atoms with van der Waals surface area (Å²) in [4.78, 5) is 41.9. The van der Waals surface area contributed by atoms with Gasteiger partial charge in [0, 0.05) is 42.2 Å². The minimum atomic E-state index is -0.275. The fourth-order valence-corrected chi connectivity index (χ4v) is 4.18. The van der Waals surface area contributed by atoms with E-state index < -0.39 is 0 Å². The number of nitrogens with one attached hydrogen (secondary N) is 1. The van der Waals surface area contributed by atoms with E-state index in [0.29, 0.717) is 17.7 Å². The summed E-state index contributed by atoms with van der Waals surface area (Å²) >= 11 is 0. The van der Waals surface area contributed by atoms with Crippen molar-refractivity contribution in [2.45, 2.75) is 57.9 Å². The lowest BCUT2D eigenvalue weighted by atomic mass is 10.0. The van der Waals surface area contributed by atoms with E-state index in [2.05, 4.69) is 16.4 Å². The van der Waals surface area contributed by atoms with Crippen LogP contribution in [0.3, 0.4) is 0 Å². The summed E-state index contributed by atoms with van der Waals surface area (Å²) in [6.45, 7) is 0.0284. The first-order valence-corrected chi connectivity index (χ1v) is 11.7. The van der Waals surface area contributed by atoms with Gasteiger partial charge in [-0.05, 0) is 54.7 Å². The van der Waals surface area contributed by atoms with Crippen LogP contribution in [0.2, 0.25) is 0 Å². The molecule has 0 aliphatic carbocycles. The van der Waals surface area contributed by atoms with Crippen molar-refractivity contribution >= 4 is 17.4 Å². The van der Waals surface area contributed by atoms with Gasteiger partial charge in [0.25, 0.3) is 11.5 Å². The predicted molar refractivity (Wildman–Crippen MR) is 129 cm³/mol. The van der Waals surface area contributed by atoms with Crippen LogP contribution < -0.4 is 10.9 Å². The van der Waals surface area contributed by atoms with Gasteiger partial charge >= 0.3 is 0 Å². The van der Waals surface area contributed by atoms with Crippen molar-refractivity contribution in [3.05, 3.63) is 82.5 Å². The molecule has 0 saturated heterocycles. The highest BCUT2D eigenvalue weighted by atomic mass is 16.2. The molecular formula is C27H29N3O3. The number of hydrogen-bond acceptors (Lipinski definition) is 4. The number of carbonyl (C=O) groups excluding carboxylic acids is 2. The van der Waals surface area contributed by atoms with E-state index in [0.717, 1.165) is 56.1 Å². The summed E-state index contributed by atoms with van der Waals surface area (Å²) in [7, 11) is 0. The average Bonchev–Trinajstić information content (AvgIpc) is 2.82. The Morgan fingerprint density at radius 1 is 0.758 bits per heavy atom. The molecule has 0 atom stereocenters. The predicted octanol–water partition coefficient (Wildman–Crippen LogP) is 5.02. The summed E-state index contributed by atoms with van der Waals surface area (Å²) in [6.07, 6.45) is 13.1. The lowest BCUT2D eigenvalue weighted by molar-refractivity contribution is -0.119. The Bertz CT molecular complexity index is 1200. The molecule has 0 saturated carbocycles. The number of rotatable bonds is 0. The number of pyridine rings is 2. The van der Waals surface area contributed by atoms with Crippen molar-refractivity contribution in [3.8, 4) is 11.1 Å². The number of hydrogen-bond donors (Lipinski definition) is 1. The van der Waals surface area contributed by atoms with Crippen molar-refractivity contribution in [1.29, 1.82) is 0 Å². The van der Waals surface area contributed by atoms with E-state index in [1.54, 1.807) is 12.1 Å². The van der Waals surface area contributed by atoms with Crippen molar-refractivity contribution in [1.82, 2.24) is 9.55 Å². The first-order valence-electron chi connectivity index (χ1n) is 11.7. The largest absolute Gasteiger partial charge is 0.321 e. The van der Waals surface area contributed by atoms with Gasteiger partial charge in [0.2, 0.25) is 0 Å². The maximum atomic E-state index is 12.9. The first kappa shape index (κ1) is 22.6. The van der Waals surface area contributed by atoms with Gasteiger partial charge in [0.15, 0.2) is 5.78 Å². The Balaban J connectivity index is 1.61. The summed E-state index contributed by atoms with van der Waals surface area (Å²) in [5, 5.41) is 2.84. The third kappa shape index (κ3) is 6.25. The molecule has 1 amide bonds. The zero-order valence-electron chi connectivity index (χ0n) is 18.8. The first-order chi connectivity index (χ1) is 16.1. The van der Waals surface area contributed by atoms with Gasteiger partial charge < -0.3 is 9.88 Å². The number of ketones is 1. The van der Waals surface area contributed by atoms with Crippen LogP contribution in [0.4, 0.5) is 5.69 Å². The normalized spacial score (nSPS) is 15.9. The molecule has 3 heterocycles. The Morgan fingerprint density at radius 3 is 2.36 bits per heavy atom. The van der Waals surface area contributed by atoms with Crippen LogP contribution >= 0.6 is 0 Å². The molecule has 170 valence electrons. The quantitative estimate of drug-likeness (QED) is 0.529. The maximum Gasteiger partial charge on any atom is 0.255 e. The van der Waals surface area contributed by atoms with Gasteiger partial charge in [-0.15, -0.1) is 0 Å². The van der Waals surface area contributed by atoms with Crippen molar-refractivity contribution in [3.63, 3.8) is 0 Å². The topological polar surface area (TPSA) is 81.1 Å². The maximum absolute atomic E-state index is 12.9. The lowest BCUT2D eigenvalue weighted by Gasteiger charge is -2.10. The molecule has 3 aromatic rings. The van der Waals surface area contributed by atoms with Crippen molar-refractivity contribution in [2.75, 3.05) is 5.32 Å². The second-order valence-corrected chi connectivity index (χ2v) is 8.66. The zero-order valence-corrected chi connectivity index (χ0v) is 18.8. The second kappa shape index (κ2) is 10.9. The molecule has 6 heteroatoms. The second-order valence-electron chi connectivity index (χ2n) is 8.66. The number of anilines is 1. The molecule has 1 aliphatic rings. The molecule has 33 heavy (non-hydrogen) atoms. The van der Waals surface area contributed by atoms with Gasteiger partial charge in [-0.3, -0.25) is 19.4 Å². The van der Waals surface area contributed by atoms with Crippen LogP contribution in [0.25, 0.3) is 11.1 Å². The van der Waals surface area contributed by atoms with E-state index in [-0.39, 0.29) is 23.8 Å². The molecule has 2 aromatic heterocycles. The summed E-state index contributed by atoms with van der Waals surface area (Å²) in [5.74, 6) is -0.241. The van der Waals surface area contributed by atoms with E-state index in [4.69, 9.17) is 0 Å². The zero-order chi connectivity index (χ0) is 23.0. The summed E-state index contributed by atoms with van der Waals surface area (Å²) in [6, 6.07) is 12.5. The Morgan fingerprint density at radius 2 is 1.52 bits per heavy atom. The number of carbonyl (C=O) groups is 2. The molecular weight excluding hydrogens is 414 g/mol. The highest BCUT2D eigenvalue weighted by Crippen LogP contribution is 2.22. The van der Waals surface area contributed by atoms with Crippen molar-refractivity contribution < 1.29 is 9.59 Å². The monoisotopic (exact) mass is 443 g/mol. The highest BCUT2D eigenvalue weighted by Gasteiger charge is 2.11. The molecule has 0 fully saturated rings. The fraction of sp³-hybridized carbons (Fsp3) is 0.333. The summed E-state index contributed by atoms with van der Waals surface area (Å²) in [5.41, 5.74) is 3.85. The smallest absolute Gasteiger partial charge is 0.255 e. The molecule has 1 N–H and O–H groups in total. The van der Waals surface area contributed by atoms with Gasteiger partial charge in [0.05, 0.1) is 12.2 Å². The van der Waals surface area contributed by atoms with E-state index in [9.17, 15) is 14.4 Å². The van der Waals surface area contributed by atoms with E-state index >= 15 is 0 Å². The minimum absolute atomic E-state index is 0.0284. The standard InChI is InChI=1S/C27H29N3O3/c31-25-11-6-4-2-1-3-5-8-20-14-23(17-28-16-20)21-9-7-10-22(15-21)27(33)29-24-12-13-26(32)30(18-24)19-25/h7,9-10,12-18H,1-6,8,11,19H2,(H,29,33). The molecule has 0 unspecified atom stereocenters. The van der Waals surface area contributed by atoms with Crippen LogP contribution in [-0.2, 0) is 17.8 Å². The van der Waals surface area contributed by atoms with Gasteiger partial charge in [0.1, 0.15) is 0 Å². The number of amides is 1. The van der Waals surface area contributed by atoms with Crippen LogP contribution in [0.5, 0.6) is 0 Å². The Kier molecular flexibility index (Phi) is 7.45. The van der Waals surface area contributed by atoms with Crippen LogP contribution in [0, 0.1) is 0 Å². The SMILES string of the molecule is O=C1CCCCCCCCc2cncc(c2)-c2cccc(c2)C(=O)Nc2ccc(=O)n(c2)C1. The van der Waals surface area contributed by atoms with Gasteiger partial charge in [-0.1, -0.05) is 37.8 Å². The minimum Gasteiger partial charge on any atom is -0.321 e. The van der Waals surface area contributed by atoms with Crippen molar-refractivity contribution in [2.24, 2.45) is 0 Å². The average molecular weight is 444 g/mol. The number of benzene rings is 1. The molecule has 0 radical (unpaired) electrons. The molecule has 6 bridgehead atoms. The highest BCUT2D eigenvalue weighted by molar-refractivity contribution is 6.04. The van der Waals surface area contributed by atoms with Crippen LogP contribution in [0.1, 0.15) is 60.9 Å². The molecule has 1 aliphatic heterocycles. The Labute approximate surface area is 193 Å². The fourth-order valence-electron chi connectivity index (χ4n) is 4.18. The Hall–Kier alpha value is -3.54. The van der Waals surface area contributed by atoms with Gasteiger partial charge in [-0.2, -0.15) is 0 Å². The number of aromatic nitrogens is 2. The van der Waals surface area contributed by atoms with Crippen LogP contribution in [0.15, 0.2) is 65.8 Å². The third-order valence-corrected chi connectivity index (χ3v) is 6.01. The van der Waals surface area contributed by atoms with Crippen LogP contribution in [-0.4, -0.2) is 21.2 Å². The number of nitrogens with zero attached hydrogens (tertiary/aromatic N) is 2. The summed E-state index contributed by atoms with van der Waals surface area (Å²) < 4.78 is 1.37. The molecule has 6 nitrogen and oxygen atoms in total. The molecule has 4 rings (SSSR count). The number of aryl methyl sites for hydroxylation is 1. The molecule has 0 spiro atoms. The number of Topliss-reactive ketones (excluding diaryl/α,β-unsaturated/α-hetero) is 1. The third-order valence-electron chi connectivity index (χ3n) is 6.01. The van der Waals surface area contributed by atoms with E-state index in [1.165, 1.54) is 22.4 Å². The molecule has 1 aromatic carbocycles.